The highest BCUT2D eigenvalue weighted by molar-refractivity contribution is 5.97. The van der Waals surface area contributed by atoms with Gasteiger partial charge in [-0.05, 0) is 91.9 Å². The van der Waals surface area contributed by atoms with Gasteiger partial charge in [-0.1, -0.05) is 77.8 Å². The Hall–Kier alpha value is -3.47. The maximum atomic E-state index is 12.6. The van der Waals surface area contributed by atoms with Gasteiger partial charge in [-0.2, -0.15) is 0 Å². The standard InChI is InChI=1S/C31H36O5.C5H12/c1-23(32)11-9-7-5-3-4-6-8-10-20-35-30-19-16-26-21-28(13-12-27(26)22-30)31(34)36-29-17-14-25(15-18-29)24(2)33;1-4-5(2)3/h12-19,21-22H,3-11,20H2,1-2H3;5H,4H2,1-3H3. The number of benzene rings is 3. The highest BCUT2D eigenvalue weighted by Crippen LogP contribution is 2.24. The molecule has 0 radical (unpaired) electrons. The van der Waals surface area contributed by atoms with Crippen molar-refractivity contribution < 1.29 is 23.9 Å². The second kappa shape index (κ2) is 18.8. The van der Waals surface area contributed by atoms with Crippen LogP contribution in [0, 0.1) is 5.92 Å². The Kier molecular flexibility index (Phi) is 15.5. The molecule has 5 heteroatoms. The van der Waals surface area contributed by atoms with Crippen LogP contribution in [0.1, 0.15) is 120 Å². The van der Waals surface area contributed by atoms with Crippen molar-refractivity contribution in [3.8, 4) is 11.5 Å². The second-order valence-corrected chi connectivity index (χ2v) is 11.1. The Labute approximate surface area is 246 Å². The average Bonchev–Trinajstić information content (AvgIpc) is 2.96. The quantitative estimate of drug-likeness (QED) is 0.0755. The van der Waals surface area contributed by atoms with Gasteiger partial charge in [0.15, 0.2) is 5.78 Å². The van der Waals surface area contributed by atoms with E-state index in [1.54, 1.807) is 37.3 Å². The summed E-state index contributed by atoms with van der Waals surface area (Å²) in [7, 11) is 0. The number of hydrogen-bond donors (Lipinski definition) is 0. The molecule has 222 valence electrons. The van der Waals surface area contributed by atoms with Gasteiger partial charge >= 0.3 is 5.97 Å². The lowest BCUT2D eigenvalue weighted by Gasteiger charge is -2.09. The van der Waals surface area contributed by atoms with E-state index in [4.69, 9.17) is 9.47 Å². The molecule has 0 aliphatic rings. The number of hydrogen-bond acceptors (Lipinski definition) is 5. The molecule has 0 heterocycles. The van der Waals surface area contributed by atoms with Gasteiger partial charge in [0.2, 0.25) is 0 Å². The lowest BCUT2D eigenvalue weighted by Crippen LogP contribution is -2.08. The molecule has 3 aromatic carbocycles. The van der Waals surface area contributed by atoms with Crippen molar-refractivity contribution in [3.05, 3.63) is 71.8 Å². The molecule has 3 aromatic rings. The van der Waals surface area contributed by atoms with Crippen molar-refractivity contribution in [3.63, 3.8) is 0 Å². The largest absolute Gasteiger partial charge is 0.494 e. The van der Waals surface area contributed by atoms with E-state index < -0.39 is 5.97 Å². The van der Waals surface area contributed by atoms with E-state index in [1.165, 1.54) is 39.0 Å². The molecular weight excluding hydrogens is 512 g/mol. The molecule has 41 heavy (non-hydrogen) atoms. The SMILES string of the molecule is CC(=O)CCCCCCCCCCOc1ccc2cc(C(=O)Oc3ccc(C(C)=O)cc3)ccc2c1.CCC(C)C. The summed E-state index contributed by atoms with van der Waals surface area (Å²) >= 11 is 0. The Morgan fingerprint density at radius 3 is 1.76 bits per heavy atom. The molecule has 0 amide bonds. The molecule has 0 aliphatic carbocycles. The third-order valence-electron chi connectivity index (χ3n) is 7.03. The number of ketones is 2. The number of rotatable bonds is 16. The van der Waals surface area contributed by atoms with Crippen LogP contribution < -0.4 is 9.47 Å². The van der Waals surface area contributed by atoms with Crippen molar-refractivity contribution >= 4 is 28.3 Å². The summed E-state index contributed by atoms with van der Waals surface area (Å²) in [5.74, 6) is 1.93. The molecule has 0 aliphatic heterocycles. The fraction of sp³-hybridized carbons (Fsp3) is 0.472. The summed E-state index contributed by atoms with van der Waals surface area (Å²) in [6, 6.07) is 17.9. The first kappa shape index (κ1) is 33.7. The number of fused-ring (bicyclic) bond motifs is 1. The van der Waals surface area contributed by atoms with Crippen molar-refractivity contribution in [2.45, 2.75) is 98.8 Å². The van der Waals surface area contributed by atoms with Gasteiger partial charge in [0.05, 0.1) is 12.2 Å². The molecule has 0 saturated heterocycles. The van der Waals surface area contributed by atoms with Gasteiger partial charge in [0.25, 0.3) is 0 Å². The van der Waals surface area contributed by atoms with E-state index in [0.717, 1.165) is 54.5 Å². The predicted molar refractivity (Wildman–Crippen MR) is 168 cm³/mol. The van der Waals surface area contributed by atoms with Gasteiger partial charge < -0.3 is 14.3 Å². The number of carbonyl (C=O) groups is 3. The summed E-state index contributed by atoms with van der Waals surface area (Å²) in [6.45, 7) is 10.5. The van der Waals surface area contributed by atoms with E-state index in [0.29, 0.717) is 29.3 Å². The fourth-order valence-corrected chi connectivity index (χ4v) is 4.09. The van der Waals surface area contributed by atoms with E-state index in [2.05, 4.69) is 20.8 Å². The van der Waals surface area contributed by atoms with E-state index >= 15 is 0 Å². The summed E-state index contributed by atoms with van der Waals surface area (Å²) in [5.41, 5.74) is 1.04. The molecule has 0 N–H and O–H groups in total. The zero-order chi connectivity index (χ0) is 30.0. The zero-order valence-electron chi connectivity index (χ0n) is 25.7. The lowest BCUT2D eigenvalue weighted by atomic mass is 10.1. The molecule has 3 rings (SSSR count). The molecule has 0 aromatic heterocycles. The van der Waals surface area contributed by atoms with Crippen molar-refractivity contribution in [2.24, 2.45) is 5.92 Å². The minimum absolute atomic E-state index is 0.0320. The Morgan fingerprint density at radius 1 is 0.659 bits per heavy atom. The fourth-order valence-electron chi connectivity index (χ4n) is 4.09. The summed E-state index contributed by atoms with van der Waals surface area (Å²) in [4.78, 5) is 34.9. The van der Waals surface area contributed by atoms with Crippen molar-refractivity contribution in [2.75, 3.05) is 6.61 Å². The normalized spacial score (nSPS) is 10.7. The van der Waals surface area contributed by atoms with Gasteiger partial charge in [-0.3, -0.25) is 4.79 Å². The summed E-state index contributed by atoms with van der Waals surface area (Å²) in [5, 5.41) is 1.94. The zero-order valence-corrected chi connectivity index (χ0v) is 25.7. The lowest BCUT2D eigenvalue weighted by molar-refractivity contribution is -0.117. The molecule has 0 atom stereocenters. The summed E-state index contributed by atoms with van der Waals surface area (Å²) < 4.78 is 11.4. The van der Waals surface area contributed by atoms with E-state index in [-0.39, 0.29) is 5.78 Å². The molecule has 0 spiro atoms. The minimum atomic E-state index is -0.441. The van der Waals surface area contributed by atoms with E-state index in [9.17, 15) is 14.4 Å². The number of esters is 1. The van der Waals surface area contributed by atoms with Crippen LogP contribution in [0.25, 0.3) is 10.8 Å². The van der Waals surface area contributed by atoms with Crippen LogP contribution in [0.5, 0.6) is 11.5 Å². The molecular formula is C36H48O5. The highest BCUT2D eigenvalue weighted by Gasteiger charge is 2.10. The molecule has 0 saturated carbocycles. The van der Waals surface area contributed by atoms with Crippen molar-refractivity contribution in [1.29, 1.82) is 0 Å². The van der Waals surface area contributed by atoms with Crippen LogP contribution in [-0.2, 0) is 4.79 Å². The minimum Gasteiger partial charge on any atom is -0.494 e. The predicted octanol–water partition coefficient (Wildman–Crippen LogP) is 9.79. The number of ether oxygens (including phenoxy) is 2. The van der Waals surface area contributed by atoms with Crippen LogP contribution in [0.15, 0.2) is 60.7 Å². The van der Waals surface area contributed by atoms with Crippen LogP contribution in [0.2, 0.25) is 0 Å². The average molecular weight is 561 g/mol. The third-order valence-corrected chi connectivity index (χ3v) is 7.03. The third kappa shape index (κ3) is 13.6. The Morgan fingerprint density at radius 2 is 1.17 bits per heavy atom. The Balaban J connectivity index is 0.00000108. The van der Waals surface area contributed by atoms with Gasteiger partial charge in [-0.15, -0.1) is 0 Å². The monoisotopic (exact) mass is 560 g/mol. The maximum Gasteiger partial charge on any atom is 0.343 e. The number of unbranched alkanes of at least 4 members (excludes halogenated alkanes) is 7. The molecule has 5 nitrogen and oxygen atoms in total. The first-order chi connectivity index (χ1) is 19.7. The molecule has 0 bridgehead atoms. The first-order valence-corrected chi connectivity index (χ1v) is 15.2. The van der Waals surface area contributed by atoms with Crippen LogP contribution in [-0.4, -0.2) is 24.1 Å². The van der Waals surface area contributed by atoms with Crippen LogP contribution >= 0.6 is 0 Å². The topological polar surface area (TPSA) is 69.7 Å². The second-order valence-electron chi connectivity index (χ2n) is 11.1. The number of Topliss-reactive ketones (excluding diaryl/α,β-unsaturated/α-hetero) is 2. The van der Waals surface area contributed by atoms with Crippen LogP contribution in [0.3, 0.4) is 0 Å². The maximum absolute atomic E-state index is 12.6. The smallest absolute Gasteiger partial charge is 0.343 e. The molecule has 0 fully saturated rings. The number of carbonyl (C=O) groups excluding carboxylic acids is 3. The van der Waals surface area contributed by atoms with Gasteiger partial charge in [0.1, 0.15) is 17.3 Å². The van der Waals surface area contributed by atoms with Crippen LogP contribution in [0.4, 0.5) is 0 Å². The Bertz CT molecular complexity index is 1230. The summed E-state index contributed by atoms with van der Waals surface area (Å²) in [6.07, 6.45) is 11.3. The molecule has 0 unspecified atom stereocenters. The van der Waals surface area contributed by atoms with Gasteiger partial charge in [-0.25, -0.2) is 4.79 Å². The van der Waals surface area contributed by atoms with Crippen molar-refractivity contribution in [1.82, 2.24) is 0 Å². The highest BCUT2D eigenvalue weighted by atomic mass is 16.5. The van der Waals surface area contributed by atoms with Gasteiger partial charge in [0, 0.05) is 12.0 Å². The first-order valence-electron chi connectivity index (χ1n) is 15.2. The van der Waals surface area contributed by atoms with E-state index in [1.807, 2.05) is 30.3 Å².